The van der Waals surface area contributed by atoms with Gasteiger partial charge in [0.15, 0.2) is 0 Å². The van der Waals surface area contributed by atoms with Gasteiger partial charge in [0.1, 0.15) is 35.2 Å². The van der Waals surface area contributed by atoms with Crippen molar-refractivity contribution in [1.82, 2.24) is 35.3 Å². The van der Waals surface area contributed by atoms with Crippen molar-refractivity contribution < 1.29 is 23.9 Å². The minimum Gasteiger partial charge on any atom is -0.488 e. The molecule has 0 spiro atoms. The predicted octanol–water partition coefficient (Wildman–Crippen LogP) is 5.73. The molecule has 1 unspecified atom stereocenters. The number of imide groups is 1. The lowest BCUT2D eigenvalue weighted by Crippen LogP contribution is -2.52. The first-order valence-electron chi connectivity index (χ1n) is 21.5. The van der Waals surface area contributed by atoms with Crippen LogP contribution in [0.25, 0.3) is 22.3 Å². The van der Waals surface area contributed by atoms with Crippen LogP contribution in [0.4, 0.5) is 11.5 Å². The largest absolute Gasteiger partial charge is 0.488 e. The summed E-state index contributed by atoms with van der Waals surface area (Å²) in [4.78, 5) is 55.5. The summed E-state index contributed by atoms with van der Waals surface area (Å²) in [6, 6.07) is 11.3. The number of H-pyrrole nitrogens is 1. The molecule has 6 aliphatic rings. The molecule has 15 heteroatoms. The van der Waals surface area contributed by atoms with Gasteiger partial charge < -0.3 is 24.2 Å². The van der Waals surface area contributed by atoms with Gasteiger partial charge in [-0.1, -0.05) is 11.6 Å². The van der Waals surface area contributed by atoms with Gasteiger partial charge in [-0.15, -0.1) is 0 Å². The van der Waals surface area contributed by atoms with Gasteiger partial charge in [-0.05, 0) is 101 Å². The first-order chi connectivity index (χ1) is 28.7. The first kappa shape index (κ1) is 38.4. The Morgan fingerprint density at radius 2 is 1.64 bits per heavy atom. The van der Waals surface area contributed by atoms with E-state index in [0.29, 0.717) is 29.0 Å². The fraction of sp³-hybridized carbons (Fsp3) is 0.545. The topological polar surface area (TPSA) is 149 Å². The maximum Gasteiger partial charge on any atom is 0.255 e. The molecule has 1 atom stereocenters. The van der Waals surface area contributed by atoms with Crippen LogP contribution in [0, 0.1) is 5.92 Å². The normalized spacial score (nSPS) is 25.1. The molecule has 10 rings (SSSR count). The Morgan fingerprint density at radius 1 is 0.864 bits per heavy atom. The van der Waals surface area contributed by atoms with Crippen molar-refractivity contribution in [1.29, 1.82) is 0 Å². The number of hydrogen-bond donors (Lipinski definition) is 2. The van der Waals surface area contributed by atoms with Crippen molar-refractivity contribution >= 4 is 51.7 Å². The van der Waals surface area contributed by atoms with Gasteiger partial charge >= 0.3 is 0 Å². The minimum absolute atomic E-state index is 0.0450. The van der Waals surface area contributed by atoms with E-state index in [1.54, 1.807) is 11.2 Å². The van der Waals surface area contributed by atoms with E-state index in [0.717, 1.165) is 129 Å². The average molecular weight is 822 g/mol. The molecule has 6 heterocycles. The molecule has 4 aromatic rings. The second kappa shape index (κ2) is 15.7. The third kappa shape index (κ3) is 7.86. The van der Waals surface area contributed by atoms with Gasteiger partial charge in [-0.3, -0.25) is 29.7 Å². The SMILES string of the molecule is CC1(Oc2ccc3[nH]nc(-c4cc(N5CCC(O[C@H]6CC[C@H](CN7CCN(c8ccc9c(c8Cl)CN(C8CCC(=O)NC8=O)C9=O)CC7)CC6)CC5)ncn4)c3c2)CC1. The zero-order valence-electron chi connectivity index (χ0n) is 33.6. The van der Waals surface area contributed by atoms with Gasteiger partial charge in [-0.25, -0.2) is 9.97 Å². The van der Waals surface area contributed by atoms with Crippen LogP contribution in [0.3, 0.4) is 0 Å². The van der Waals surface area contributed by atoms with Crippen LogP contribution in [0.15, 0.2) is 42.7 Å². The van der Waals surface area contributed by atoms with E-state index in [9.17, 15) is 14.4 Å². The third-order valence-electron chi connectivity index (χ3n) is 13.6. The van der Waals surface area contributed by atoms with Crippen LogP contribution in [0.2, 0.25) is 5.02 Å². The zero-order chi connectivity index (χ0) is 40.3. The summed E-state index contributed by atoms with van der Waals surface area (Å²) >= 11 is 6.97. The number of anilines is 2. The van der Waals surface area contributed by atoms with Crippen molar-refractivity contribution in [3.63, 3.8) is 0 Å². The Balaban J connectivity index is 0.667. The zero-order valence-corrected chi connectivity index (χ0v) is 34.4. The highest BCUT2D eigenvalue weighted by molar-refractivity contribution is 6.35. The lowest BCUT2D eigenvalue weighted by molar-refractivity contribution is -0.136. The molecule has 2 aliphatic carbocycles. The van der Waals surface area contributed by atoms with Gasteiger partial charge in [-0.2, -0.15) is 5.10 Å². The Hall–Kier alpha value is -4.79. The number of aromatic amines is 1. The number of piperazine rings is 1. The number of carbonyl (C=O) groups is 3. The van der Waals surface area contributed by atoms with Gasteiger partial charge in [0.2, 0.25) is 11.8 Å². The molecule has 5 fully saturated rings. The predicted molar refractivity (Wildman–Crippen MR) is 224 cm³/mol. The van der Waals surface area contributed by atoms with Crippen molar-refractivity contribution in [2.24, 2.45) is 5.92 Å². The Labute approximate surface area is 348 Å². The van der Waals surface area contributed by atoms with E-state index in [1.807, 2.05) is 24.3 Å². The highest BCUT2D eigenvalue weighted by Crippen LogP contribution is 2.41. The van der Waals surface area contributed by atoms with Crippen LogP contribution in [-0.2, 0) is 20.9 Å². The number of halogens is 1. The Bertz CT molecular complexity index is 2260. The number of nitrogens with one attached hydrogen (secondary N) is 2. The highest BCUT2D eigenvalue weighted by Gasteiger charge is 2.41. The Kier molecular flexibility index (Phi) is 10.2. The Morgan fingerprint density at radius 3 is 2.41 bits per heavy atom. The summed E-state index contributed by atoms with van der Waals surface area (Å²) in [5.41, 5.74) is 4.79. The van der Waals surface area contributed by atoms with Gasteiger partial charge in [0.25, 0.3) is 5.91 Å². The molecule has 2 aromatic heterocycles. The smallest absolute Gasteiger partial charge is 0.255 e. The maximum absolute atomic E-state index is 13.2. The van der Waals surface area contributed by atoms with E-state index >= 15 is 0 Å². The second-order valence-corrected chi connectivity index (χ2v) is 18.0. The van der Waals surface area contributed by atoms with Crippen LogP contribution < -0.4 is 19.9 Å². The van der Waals surface area contributed by atoms with Crippen molar-refractivity contribution in [2.45, 2.75) is 102 Å². The third-order valence-corrected chi connectivity index (χ3v) is 14.0. The number of nitrogens with zero attached hydrogens (tertiary/aromatic N) is 7. The summed E-state index contributed by atoms with van der Waals surface area (Å²) in [5.74, 6) is 1.56. The number of aromatic nitrogens is 4. The molecular weight excluding hydrogens is 770 g/mol. The number of hydrogen-bond acceptors (Lipinski definition) is 11. The standard InChI is InChI=1S/C44H52ClN9O5/c1-44(14-15-44)59-30-6-8-34-32(22-30)41(50-49-34)35-23-38(47-26-46-35)53-16-12-29(13-17-53)58-28-4-2-27(3-5-28)24-51-18-20-52(21-19-51)36-9-7-31-33(40(36)45)25-54(43(31)57)37-10-11-39(55)48-42(37)56/h6-9,22-23,26-29,37H,2-5,10-21,24-25H2,1H3,(H,49,50)(H,48,55,56)/t27-,28-,37?. The number of ether oxygens (including phenoxy) is 2. The molecule has 2 N–H and O–H groups in total. The number of piperidine rings is 2. The highest BCUT2D eigenvalue weighted by atomic mass is 35.5. The van der Waals surface area contributed by atoms with Crippen LogP contribution in [-0.4, -0.2) is 117 Å². The first-order valence-corrected chi connectivity index (χ1v) is 21.9. The number of amides is 3. The average Bonchev–Trinajstić information content (AvgIpc) is 3.66. The van der Waals surface area contributed by atoms with E-state index in [2.05, 4.69) is 59.2 Å². The second-order valence-electron chi connectivity index (χ2n) is 17.7. The molecular formula is C44H52ClN9O5. The molecule has 310 valence electrons. The summed E-state index contributed by atoms with van der Waals surface area (Å²) in [6.45, 7) is 9.00. The van der Waals surface area contributed by atoms with E-state index in [4.69, 9.17) is 21.1 Å². The van der Waals surface area contributed by atoms with E-state index in [-0.39, 0.29) is 36.5 Å². The monoisotopic (exact) mass is 821 g/mol. The molecule has 3 amide bonds. The molecule has 0 radical (unpaired) electrons. The molecule has 2 saturated carbocycles. The van der Waals surface area contributed by atoms with E-state index < -0.39 is 11.9 Å². The lowest BCUT2D eigenvalue weighted by Gasteiger charge is -2.40. The summed E-state index contributed by atoms with van der Waals surface area (Å²) in [6.07, 6.45) is 11.6. The molecule has 2 aromatic carbocycles. The van der Waals surface area contributed by atoms with Gasteiger partial charge in [0, 0.05) is 81.4 Å². The lowest BCUT2D eigenvalue weighted by atomic mass is 9.86. The number of carbonyl (C=O) groups excluding carboxylic acids is 3. The molecule has 0 bridgehead atoms. The van der Waals surface area contributed by atoms with Crippen LogP contribution in [0.1, 0.15) is 87.1 Å². The fourth-order valence-electron chi connectivity index (χ4n) is 9.78. The number of benzene rings is 2. The summed E-state index contributed by atoms with van der Waals surface area (Å²) in [5, 5.41) is 11.7. The molecule has 59 heavy (non-hydrogen) atoms. The number of rotatable bonds is 10. The van der Waals surface area contributed by atoms with Gasteiger partial charge in [0.05, 0.1) is 34.1 Å². The summed E-state index contributed by atoms with van der Waals surface area (Å²) in [7, 11) is 0. The minimum atomic E-state index is -0.650. The van der Waals surface area contributed by atoms with Crippen molar-refractivity contribution in [3.05, 3.63) is 58.9 Å². The quantitative estimate of drug-likeness (QED) is 0.189. The van der Waals surface area contributed by atoms with Crippen molar-refractivity contribution in [2.75, 3.05) is 55.6 Å². The summed E-state index contributed by atoms with van der Waals surface area (Å²) < 4.78 is 13.0. The fourth-order valence-corrected chi connectivity index (χ4v) is 10.1. The molecule has 3 saturated heterocycles. The maximum atomic E-state index is 13.2. The van der Waals surface area contributed by atoms with E-state index in [1.165, 1.54) is 12.8 Å². The molecule has 14 nitrogen and oxygen atoms in total. The van der Waals surface area contributed by atoms with Crippen LogP contribution >= 0.6 is 11.6 Å². The molecule has 4 aliphatic heterocycles. The number of fused-ring (bicyclic) bond motifs is 2. The van der Waals surface area contributed by atoms with Crippen LogP contribution in [0.5, 0.6) is 5.75 Å². The van der Waals surface area contributed by atoms with Crippen molar-refractivity contribution in [3.8, 4) is 17.1 Å².